The van der Waals surface area contributed by atoms with Crippen molar-refractivity contribution >= 4 is 28.9 Å². The summed E-state index contributed by atoms with van der Waals surface area (Å²) in [6.45, 7) is 4.31. The summed E-state index contributed by atoms with van der Waals surface area (Å²) in [6.07, 6.45) is 0. The first kappa shape index (κ1) is 14.7. The number of amides is 1. The second kappa shape index (κ2) is 7.21. The molecule has 0 saturated carbocycles. The molecule has 1 aromatic carbocycles. The van der Waals surface area contributed by atoms with Crippen molar-refractivity contribution in [1.29, 1.82) is 0 Å². The van der Waals surface area contributed by atoms with Gasteiger partial charge in [0.15, 0.2) is 5.11 Å². The van der Waals surface area contributed by atoms with Gasteiger partial charge in [0, 0.05) is 18.8 Å². The highest BCUT2D eigenvalue weighted by atomic mass is 32.1. The molecule has 5 nitrogen and oxygen atoms in total. The fourth-order valence-electron chi connectivity index (χ4n) is 2.00. The van der Waals surface area contributed by atoms with E-state index in [2.05, 4.69) is 10.6 Å². The van der Waals surface area contributed by atoms with Crippen molar-refractivity contribution in [2.24, 2.45) is 0 Å². The third-order valence-corrected chi connectivity index (χ3v) is 3.29. The number of morpholine rings is 1. The maximum atomic E-state index is 12.2. The van der Waals surface area contributed by atoms with E-state index < -0.39 is 0 Å². The Kier molecular flexibility index (Phi) is 5.31. The van der Waals surface area contributed by atoms with Crippen molar-refractivity contribution < 1.29 is 9.53 Å². The molecule has 0 spiro atoms. The highest BCUT2D eigenvalue weighted by Gasteiger charge is 2.22. The van der Waals surface area contributed by atoms with Crippen LogP contribution in [0.5, 0.6) is 0 Å². The molecule has 0 bridgehead atoms. The van der Waals surface area contributed by atoms with Crippen LogP contribution in [-0.4, -0.2) is 48.3 Å². The van der Waals surface area contributed by atoms with Crippen LogP contribution in [0.15, 0.2) is 30.3 Å². The zero-order valence-corrected chi connectivity index (χ0v) is 12.3. The number of carbonyl (C=O) groups excluding carboxylic acids is 1. The topological polar surface area (TPSA) is 53.6 Å². The number of hydrogen-bond acceptors (Lipinski definition) is 3. The van der Waals surface area contributed by atoms with Gasteiger partial charge in [0.2, 0.25) is 5.91 Å². The molecule has 1 unspecified atom stereocenters. The number of benzene rings is 1. The molecule has 20 heavy (non-hydrogen) atoms. The molecule has 2 rings (SSSR count). The van der Waals surface area contributed by atoms with Crippen molar-refractivity contribution in [3.05, 3.63) is 30.3 Å². The van der Waals surface area contributed by atoms with Gasteiger partial charge in [-0.2, -0.15) is 0 Å². The minimum atomic E-state index is -0.350. The van der Waals surface area contributed by atoms with Crippen LogP contribution in [0, 0.1) is 0 Å². The number of rotatable bonds is 3. The first-order valence-corrected chi connectivity index (χ1v) is 7.07. The van der Waals surface area contributed by atoms with Gasteiger partial charge in [0.25, 0.3) is 0 Å². The Hall–Kier alpha value is -1.66. The minimum Gasteiger partial charge on any atom is -0.378 e. The lowest BCUT2D eigenvalue weighted by molar-refractivity contribution is -0.136. The van der Waals surface area contributed by atoms with Gasteiger partial charge >= 0.3 is 0 Å². The van der Waals surface area contributed by atoms with Crippen LogP contribution in [-0.2, 0) is 9.53 Å². The number of nitrogens with zero attached hydrogens (tertiary/aromatic N) is 1. The van der Waals surface area contributed by atoms with Gasteiger partial charge in [0.1, 0.15) is 6.04 Å². The largest absolute Gasteiger partial charge is 0.378 e. The summed E-state index contributed by atoms with van der Waals surface area (Å²) in [6, 6.07) is 9.27. The molecule has 0 radical (unpaired) electrons. The molecule has 1 aliphatic rings. The third kappa shape index (κ3) is 4.18. The Morgan fingerprint density at radius 3 is 2.60 bits per heavy atom. The molecule has 1 aliphatic heterocycles. The Morgan fingerprint density at radius 1 is 1.30 bits per heavy atom. The Balaban J connectivity index is 1.82. The fraction of sp³-hybridized carbons (Fsp3) is 0.429. The minimum absolute atomic E-state index is 0.0468. The molecule has 108 valence electrons. The van der Waals surface area contributed by atoms with E-state index in [1.807, 2.05) is 37.3 Å². The predicted octanol–water partition coefficient (Wildman–Crippen LogP) is 1.22. The summed E-state index contributed by atoms with van der Waals surface area (Å²) >= 11 is 5.22. The van der Waals surface area contributed by atoms with Crippen LogP contribution < -0.4 is 10.6 Å². The molecule has 1 fully saturated rings. The number of para-hydroxylation sites is 1. The smallest absolute Gasteiger partial charge is 0.244 e. The van der Waals surface area contributed by atoms with Gasteiger partial charge in [-0.1, -0.05) is 18.2 Å². The first-order chi connectivity index (χ1) is 9.66. The fourth-order valence-corrected chi connectivity index (χ4v) is 2.30. The zero-order valence-electron chi connectivity index (χ0n) is 11.5. The second-order valence-electron chi connectivity index (χ2n) is 4.62. The molecular formula is C14H19N3O2S. The summed E-state index contributed by atoms with van der Waals surface area (Å²) in [7, 11) is 0. The first-order valence-electron chi connectivity index (χ1n) is 6.66. The lowest BCUT2D eigenvalue weighted by Crippen LogP contribution is -2.51. The summed E-state index contributed by atoms with van der Waals surface area (Å²) in [4.78, 5) is 14.0. The highest BCUT2D eigenvalue weighted by molar-refractivity contribution is 7.80. The normalized spacial score (nSPS) is 16.4. The quantitative estimate of drug-likeness (QED) is 0.821. The van der Waals surface area contributed by atoms with Crippen LogP contribution in [0.3, 0.4) is 0 Å². The van der Waals surface area contributed by atoms with E-state index in [-0.39, 0.29) is 11.9 Å². The molecule has 0 aromatic heterocycles. The second-order valence-corrected chi connectivity index (χ2v) is 5.03. The summed E-state index contributed by atoms with van der Waals surface area (Å²) < 4.78 is 5.24. The zero-order chi connectivity index (χ0) is 14.4. The standard InChI is InChI=1S/C14H19N3O2S/c1-11(13(18)17-7-9-19-10-8-17)15-14(20)16-12-5-3-2-4-6-12/h2-6,11H,7-10H2,1H3,(H2,15,16,20). The van der Waals surface area contributed by atoms with Crippen LogP contribution in [0.2, 0.25) is 0 Å². The van der Waals surface area contributed by atoms with Gasteiger partial charge in [-0.15, -0.1) is 0 Å². The number of carbonyl (C=O) groups is 1. The number of thiocarbonyl (C=S) groups is 1. The van der Waals surface area contributed by atoms with Crippen LogP contribution in [0.1, 0.15) is 6.92 Å². The maximum absolute atomic E-state index is 12.2. The number of nitrogens with one attached hydrogen (secondary N) is 2. The Labute approximate surface area is 124 Å². The lowest BCUT2D eigenvalue weighted by atomic mass is 10.2. The monoisotopic (exact) mass is 293 g/mol. The highest BCUT2D eigenvalue weighted by Crippen LogP contribution is 2.05. The summed E-state index contributed by atoms with van der Waals surface area (Å²) in [5.74, 6) is 0.0468. The van der Waals surface area contributed by atoms with E-state index in [9.17, 15) is 4.79 Å². The molecule has 1 heterocycles. The Bertz CT molecular complexity index is 461. The molecule has 1 atom stereocenters. The van der Waals surface area contributed by atoms with Crippen LogP contribution in [0.25, 0.3) is 0 Å². The average molecular weight is 293 g/mol. The molecule has 1 amide bonds. The average Bonchev–Trinajstić information content (AvgIpc) is 2.48. The molecule has 1 saturated heterocycles. The van der Waals surface area contributed by atoms with Gasteiger partial charge in [-0.3, -0.25) is 4.79 Å². The van der Waals surface area contributed by atoms with E-state index in [4.69, 9.17) is 17.0 Å². The van der Waals surface area contributed by atoms with Gasteiger partial charge in [-0.05, 0) is 31.3 Å². The van der Waals surface area contributed by atoms with Crippen molar-refractivity contribution in [1.82, 2.24) is 10.2 Å². The number of anilines is 1. The predicted molar refractivity (Wildman–Crippen MR) is 82.7 cm³/mol. The number of ether oxygens (including phenoxy) is 1. The van der Waals surface area contributed by atoms with Gasteiger partial charge in [0.05, 0.1) is 13.2 Å². The van der Waals surface area contributed by atoms with Crippen molar-refractivity contribution in [3.63, 3.8) is 0 Å². The summed E-state index contributed by atoms with van der Waals surface area (Å²) in [5, 5.41) is 6.52. The van der Waals surface area contributed by atoms with Crippen LogP contribution in [0.4, 0.5) is 5.69 Å². The number of hydrogen-bond donors (Lipinski definition) is 2. The van der Waals surface area contributed by atoms with Gasteiger partial charge < -0.3 is 20.3 Å². The van der Waals surface area contributed by atoms with Crippen molar-refractivity contribution in [2.45, 2.75) is 13.0 Å². The van der Waals surface area contributed by atoms with E-state index in [0.29, 0.717) is 31.4 Å². The van der Waals surface area contributed by atoms with Crippen LogP contribution >= 0.6 is 12.2 Å². The van der Waals surface area contributed by atoms with E-state index >= 15 is 0 Å². The van der Waals surface area contributed by atoms with E-state index in [1.165, 1.54) is 0 Å². The van der Waals surface area contributed by atoms with E-state index in [0.717, 1.165) is 5.69 Å². The third-order valence-electron chi connectivity index (χ3n) is 3.07. The van der Waals surface area contributed by atoms with Crippen molar-refractivity contribution in [3.8, 4) is 0 Å². The SMILES string of the molecule is CC(NC(=S)Nc1ccccc1)C(=O)N1CCOCC1. The van der Waals surface area contributed by atoms with E-state index in [1.54, 1.807) is 4.90 Å². The molecule has 1 aromatic rings. The molecule has 2 N–H and O–H groups in total. The molecule has 6 heteroatoms. The van der Waals surface area contributed by atoms with Crippen molar-refractivity contribution in [2.75, 3.05) is 31.6 Å². The summed E-state index contributed by atoms with van der Waals surface area (Å²) in [5.41, 5.74) is 0.899. The Morgan fingerprint density at radius 2 is 1.95 bits per heavy atom. The molecular weight excluding hydrogens is 274 g/mol. The lowest BCUT2D eigenvalue weighted by Gasteiger charge is -2.29. The molecule has 0 aliphatic carbocycles. The maximum Gasteiger partial charge on any atom is 0.244 e. The van der Waals surface area contributed by atoms with Gasteiger partial charge in [-0.25, -0.2) is 0 Å².